The zero-order valence-corrected chi connectivity index (χ0v) is 10.7. The highest BCUT2D eigenvalue weighted by Crippen LogP contribution is 2.09. The van der Waals surface area contributed by atoms with Gasteiger partial charge in [-0.1, -0.05) is 12.8 Å². The van der Waals surface area contributed by atoms with Gasteiger partial charge in [0.1, 0.15) is 0 Å². The third kappa shape index (κ3) is 15.2. The molecule has 0 amide bonds. The van der Waals surface area contributed by atoms with Crippen molar-refractivity contribution in [1.29, 1.82) is 0 Å². The van der Waals surface area contributed by atoms with Crippen molar-refractivity contribution in [3.05, 3.63) is 0 Å². The van der Waals surface area contributed by atoms with Gasteiger partial charge in [-0.05, 0) is 25.7 Å². The fraction of sp³-hybridized carbons (Fsp3) is 0.818. The summed E-state index contributed by atoms with van der Waals surface area (Å²) in [5.41, 5.74) is 5.81. The minimum atomic E-state index is -0.768. The molecule has 0 aliphatic carbocycles. The first-order chi connectivity index (χ1) is 7.52. The van der Waals surface area contributed by atoms with Gasteiger partial charge in [0.05, 0.1) is 0 Å². The van der Waals surface area contributed by atoms with Crippen LogP contribution < -0.4 is 5.73 Å². The van der Waals surface area contributed by atoms with Gasteiger partial charge in [0.25, 0.3) is 0 Å². The molecule has 4 N–H and O–H groups in total. The molecule has 0 atom stereocenters. The molecule has 0 aromatic rings. The summed E-state index contributed by atoms with van der Waals surface area (Å²) < 4.78 is 0. The van der Waals surface area contributed by atoms with Crippen LogP contribution >= 0.6 is 12.4 Å². The molecule has 0 aliphatic heterocycles. The Morgan fingerprint density at radius 2 is 1.24 bits per heavy atom. The van der Waals surface area contributed by atoms with Crippen LogP contribution in [-0.2, 0) is 9.59 Å². The second kappa shape index (κ2) is 11.7. The van der Waals surface area contributed by atoms with Crippen LogP contribution in [0.5, 0.6) is 0 Å². The highest BCUT2D eigenvalue weighted by Gasteiger charge is 2.04. The van der Waals surface area contributed by atoms with E-state index >= 15 is 0 Å². The number of unbranched alkanes of at least 4 members (excludes halogenated alkanes) is 2. The summed E-state index contributed by atoms with van der Waals surface area (Å²) >= 11 is 0. The van der Waals surface area contributed by atoms with Crippen LogP contribution in [0.15, 0.2) is 0 Å². The van der Waals surface area contributed by atoms with Crippen molar-refractivity contribution in [3.8, 4) is 0 Å². The van der Waals surface area contributed by atoms with Crippen molar-refractivity contribution in [3.63, 3.8) is 0 Å². The molecule has 0 unspecified atom stereocenters. The van der Waals surface area contributed by atoms with Gasteiger partial charge >= 0.3 is 11.9 Å². The quantitative estimate of drug-likeness (QED) is 0.526. The molecule has 0 aromatic heterocycles. The second-order valence-electron chi connectivity index (χ2n) is 4.04. The van der Waals surface area contributed by atoms with E-state index in [9.17, 15) is 9.59 Å². The monoisotopic (exact) mass is 267 g/mol. The first kappa shape index (κ1) is 18.6. The molecule has 102 valence electrons. The average Bonchev–Trinajstić information content (AvgIpc) is 2.19. The van der Waals surface area contributed by atoms with Gasteiger partial charge in [0.2, 0.25) is 0 Å². The van der Waals surface area contributed by atoms with Crippen molar-refractivity contribution in [1.82, 2.24) is 0 Å². The minimum Gasteiger partial charge on any atom is -0.481 e. The van der Waals surface area contributed by atoms with Crippen LogP contribution in [0.2, 0.25) is 0 Å². The normalized spacial score (nSPS) is 10.0. The Morgan fingerprint density at radius 1 is 0.882 bits per heavy atom. The molecule has 0 bridgehead atoms. The van der Waals surface area contributed by atoms with E-state index in [-0.39, 0.29) is 31.3 Å². The molecule has 0 saturated carbocycles. The summed E-state index contributed by atoms with van der Waals surface area (Å²) in [6.07, 6.45) is 5.02. The van der Waals surface area contributed by atoms with Crippen molar-refractivity contribution >= 4 is 24.3 Å². The molecule has 5 nitrogen and oxygen atoms in total. The van der Waals surface area contributed by atoms with Gasteiger partial charge in [0.15, 0.2) is 0 Å². The largest absolute Gasteiger partial charge is 0.481 e. The summed E-state index contributed by atoms with van der Waals surface area (Å²) in [6.45, 7) is 0. The van der Waals surface area contributed by atoms with E-state index in [0.29, 0.717) is 12.8 Å². The van der Waals surface area contributed by atoms with Crippen LogP contribution in [-0.4, -0.2) is 28.2 Å². The molecule has 0 spiro atoms. The number of hydrogen-bond donors (Lipinski definition) is 3. The number of carboxylic acids is 2. The number of carboxylic acid groups (broad SMARTS) is 2. The lowest BCUT2D eigenvalue weighted by Crippen LogP contribution is -2.19. The Bertz CT molecular complexity index is 202. The topological polar surface area (TPSA) is 101 Å². The van der Waals surface area contributed by atoms with Crippen LogP contribution in [0.4, 0.5) is 0 Å². The van der Waals surface area contributed by atoms with Gasteiger partial charge in [-0.25, -0.2) is 0 Å². The number of nitrogens with two attached hydrogens (primary N) is 1. The molecule has 0 aliphatic rings. The zero-order chi connectivity index (χ0) is 12.4. The average molecular weight is 268 g/mol. The maximum atomic E-state index is 10.2. The van der Waals surface area contributed by atoms with E-state index in [4.69, 9.17) is 15.9 Å². The van der Waals surface area contributed by atoms with E-state index in [1.807, 2.05) is 0 Å². The Hall–Kier alpha value is -0.810. The van der Waals surface area contributed by atoms with Crippen LogP contribution in [0.1, 0.15) is 51.4 Å². The third-order valence-electron chi connectivity index (χ3n) is 2.43. The molecule has 0 rings (SSSR count). The van der Waals surface area contributed by atoms with Gasteiger partial charge < -0.3 is 15.9 Å². The number of halogens is 1. The SMILES string of the molecule is Cl.NC(CCCCC(=O)O)CCCCC(=O)O. The standard InChI is InChI=1S/C11H21NO4.ClH/c12-9(5-1-3-7-10(13)14)6-2-4-8-11(15)16;/h9H,1-8,12H2,(H,13,14)(H,15,16);1H. The molecule has 6 heteroatoms. The molecular formula is C11H22ClNO4. The maximum absolute atomic E-state index is 10.2. The molecule has 0 radical (unpaired) electrons. The number of aliphatic carboxylic acids is 2. The molecule has 0 fully saturated rings. The first-order valence-electron chi connectivity index (χ1n) is 5.71. The summed E-state index contributed by atoms with van der Waals surface area (Å²) in [7, 11) is 0. The highest BCUT2D eigenvalue weighted by atomic mass is 35.5. The Balaban J connectivity index is 0. The zero-order valence-electron chi connectivity index (χ0n) is 9.93. The van der Waals surface area contributed by atoms with Crippen molar-refractivity contribution in [2.24, 2.45) is 5.73 Å². The molecular weight excluding hydrogens is 246 g/mol. The van der Waals surface area contributed by atoms with E-state index in [2.05, 4.69) is 0 Å². The summed E-state index contributed by atoms with van der Waals surface area (Å²) in [5.74, 6) is -1.54. The predicted octanol–water partition coefficient (Wildman–Crippen LogP) is 2.03. The lowest BCUT2D eigenvalue weighted by Gasteiger charge is -2.10. The number of hydrogen-bond acceptors (Lipinski definition) is 3. The van der Waals surface area contributed by atoms with E-state index in [0.717, 1.165) is 25.7 Å². The lowest BCUT2D eigenvalue weighted by atomic mass is 10.0. The summed E-state index contributed by atoms with van der Waals surface area (Å²) in [5, 5.41) is 16.8. The highest BCUT2D eigenvalue weighted by molar-refractivity contribution is 5.85. The van der Waals surface area contributed by atoms with Crippen molar-refractivity contribution in [2.45, 2.75) is 57.4 Å². The van der Waals surface area contributed by atoms with Gasteiger partial charge in [-0.15, -0.1) is 12.4 Å². The Morgan fingerprint density at radius 3 is 1.53 bits per heavy atom. The number of carbonyl (C=O) groups is 2. The predicted molar refractivity (Wildman–Crippen MR) is 67.4 cm³/mol. The van der Waals surface area contributed by atoms with E-state index in [1.165, 1.54) is 0 Å². The van der Waals surface area contributed by atoms with E-state index in [1.54, 1.807) is 0 Å². The fourth-order valence-electron chi connectivity index (χ4n) is 1.51. The molecule has 17 heavy (non-hydrogen) atoms. The van der Waals surface area contributed by atoms with Gasteiger partial charge in [-0.2, -0.15) is 0 Å². The fourth-order valence-corrected chi connectivity index (χ4v) is 1.51. The summed E-state index contributed by atoms with van der Waals surface area (Å²) in [6, 6.07) is 0.0718. The smallest absolute Gasteiger partial charge is 0.303 e. The van der Waals surface area contributed by atoms with Crippen molar-refractivity contribution in [2.75, 3.05) is 0 Å². The van der Waals surface area contributed by atoms with Crippen LogP contribution in [0.3, 0.4) is 0 Å². The Kier molecular flexibility index (Phi) is 12.7. The minimum absolute atomic E-state index is 0. The van der Waals surface area contributed by atoms with Gasteiger partial charge in [0, 0.05) is 18.9 Å². The maximum Gasteiger partial charge on any atom is 0.303 e. The molecule has 0 saturated heterocycles. The van der Waals surface area contributed by atoms with Crippen LogP contribution in [0, 0.1) is 0 Å². The first-order valence-corrected chi connectivity index (χ1v) is 5.71. The number of rotatable bonds is 10. The summed E-state index contributed by atoms with van der Waals surface area (Å²) in [4.78, 5) is 20.5. The lowest BCUT2D eigenvalue weighted by molar-refractivity contribution is -0.138. The van der Waals surface area contributed by atoms with Crippen LogP contribution in [0.25, 0.3) is 0 Å². The third-order valence-corrected chi connectivity index (χ3v) is 2.43. The van der Waals surface area contributed by atoms with E-state index < -0.39 is 11.9 Å². The molecule has 0 heterocycles. The second-order valence-corrected chi connectivity index (χ2v) is 4.04. The van der Waals surface area contributed by atoms with Crippen molar-refractivity contribution < 1.29 is 19.8 Å². The van der Waals surface area contributed by atoms with Gasteiger partial charge in [-0.3, -0.25) is 9.59 Å². The molecule has 0 aromatic carbocycles. The Labute approximate surface area is 108 Å².